The van der Waals surface area contributed by atoms with E-state index >= 15 is 0 Å². The third kappa shape index (κ3) is 3.79. The number of fused-ring (bicyclic) bond motifs is 1. The lowest BCUT2D eigenvalue weighted by molar-refractivity contribution is 0.0949. The molecule has 1 N–H and O–H groups in total. The largest absolute Gasteiger partial charge is 0.292 e. The molecule has 0 aliphatic rings. The molecule has 2 aromatic carbocycles. The van der Waals surface area contributed by atoms with Crippen molar-refractivity contribution >= 4 is 22.4 Å². The molecule has 3 rings (SSSR count). The summed E-state index contributed by atoms with van der Waals surface area (Å²) in [5.74, 6) is -0.441. The SMILES string of the molecule is CCCn1nc(C(=O)N/N=C(/C)c2ccccc2C)c2ccccc2c1=O. The fourth-order valence-corrected chi connectivity index (χ4v) is 2.99. The average molecular weight is 362 g/mol. The van der Waals surface area contributed by atoms with Crippen molar-refractivity contribution < 1.29 is 4.79 Å². The molecule has 1 amide bonds. The van der Waals surface area contributed by atoms with Crippen molar-refractivity contribution in [2.45, 2.75) is 33.7 Å². The quantitative estimate of drug-likeness (QED) is 0.559. The van der Waals surface area contributed by atoms with E-state index in [0.29, 0.717) is 23.0 Å². The van der Waals surface area contributed by atoms with Crippen LogP contribution in [-0.4, -0.2) is 21.4 Å². The smallest absolute Gasteiger partial charge is 0.267 e. The topological polar surface area (TPSA) is 76.3 Å². The van der Waals surface area contributed by atoms with Crippen molar-refractivity contribution in [3.8, 4) is 0 Å². The van der Waals surface area contributed by atoms with Gasteiger partial charge in [-0.2, -0.15) is 10.2 Å². The maximum Gasteiger partial charge on any atom is 0.292 e. The number of hydrogen-bond donors (Lipinski definition) is 1. The molecule has 0 atom stereocenters. The zero-order valence-corrected chi connectivity index (χ0v) is 15.7. The van der Waals surface area contributed by atoms with Gasteiger partial charge in [-0.05, 0) is 31.9 Å². The Morgan fingerprint density at radius 2 is 1.78 bits per heavy atom. The summed E-state index contributed by atoms with van der Waals surface area (Å²) in [5.41, 5.74) is 5.32. The van der Waals surface area contributed by atoms with E-state index in [1.165, 1.54) is 4.68 Å². The van der Waals surface area contributed by atoms with Crippen LogP contribution in [-0.2, 0) is 6.54 Å². The fraction of sp³-hybridized carbons (Fsp3) is 0.238. The van der Waals surface area contributed by atoms with Gasteiger partial charge in [0.1, 0.15) is 0 Å². The van der Waals surface area contributed by atoms with Crippen molar-refractivity contribution in [3.05, 3.63) is 75.7 Å². The van der Waals surface area contributed by atoms with E-state index in [2.05, 4.69) is 15.6 Å². The van der Waals surface area contributed by atoms with Crippen LogP contribution in [0.25, 0.3) is 10.8 Å². The molecular formula is C21H22N4O2. The molecule has 0 saturated heterocycles. The number of carbonyl (C=O) groups is 1. The molecule has 1 heterocycles. The van der Waals surface area contributed by atoms with Gasteiger partial charge in [0.2, 0.25) is 0 Å². The van der Waals surface area contributed by atoms with Crippen LogP contribution in [0.2, 0.25) is 0 Å². The first kappa shape index (κ1) is 18.5. The van der Waals surface area contributed by atoms with E-state index in [9.17, 15) is 9.59 Å². The highest BCUT2D eigenvalue weighted by Gasteiger charge is 2.16. The van der Waals surface area contributed by atoms with Crippen LogP contribution in [0.5, 0.6) is 0 Å². The van der Waals surface area contributed by atoms with Crippen LogP contribution < -0.4 is 11.0 Å². The summed E-state index contributed by atoms with van der Waals surface area (Å²) in [5, 5.41) is 9.51. The van der Waals surface area contributed by atoms with Gasteiger partial charge < -0.3 is 0 Å². The van der Waals surface area contributed by atoms with E-state index < -0.39 is 5.91 Å². The maximum atomic E-state index is 12.8. The Morgan fingerprint density at radius 1 is 1.11 bits per heavy atom. The standard InChI is InChI=1S/C21H22N4O2/c1-4-13-25-21(27)18-12-8-7-11-17(18)19(24-25)20(26)23-22-15(3)16-10-6-5-9-14(16)2/h5-12H,4,13H2,1-3H3,(H,23,26)/b22-15-. The number of hydrogen-bond acceptors (Lipinski definition) is 4. The van der Waals surface area contributed by atoms with E-state index in [1.54, 1.807) is 24.3 Å². The second kappa shape index (κ2) is 7.95. The Morgan fingerprint density at radius 3 is 2.48 bits per heavy atom. The summed E-state index contributed by atoms with van der Waals surface area (Å²) in [6.45, 7) is 6.24. The van der Waals surface area contributed by atoms with Crippen LogP contribution in [0.15, 0.2) is 58.4 Å². The number of nitrogens with zero attached hydrogens (tertiary/aromatic N) is 3. The molecule has 0 aliphatic carbocycles. The first-order valence-electron chi connectivity index (χ1n) is 8.93. The summed E-state index contributed by atoms with van der Waals surface area (Å²) in [7, 11) is 0. The third-order valence-electron chi connectivity index (χ3n) is 4.38. The van der Waals surface area contributed by atoms with Crippen molar-refractivity contribution in [2.75, 3.05) is 0 Å². The molecule has 3 aromatic rings. The number of aromatic nitrogens is 2. The molecule has 0 fully saturated rings. The normalized spacial score (nSPS) is 11.6. The Kier molecular flexibility index (Phi) is 5.45. The zero-order valence-electron chi connectivity index (χ0n) is 15.7. The highest BCUT2D eigenvalue weighted by Crippen LogP contribution is 2.14. The molecule has 0 saturated carbocycles. The highest BCUT2D eigenvalue weighted by atomic mass is 16.2. The number of benzene rings is 2. The van der Waals surface area contributed by atoms with Gasteiger partial charge in [-0.25, -0.2) is 10.1 Å². The summed E-state index contributed by atoms with van der Waals surface area (Å²) >= 11 is 0. The molecule has 1 aromatic heterocycles. The fourth-order valence-electron chi connectivity index (χ4n) is 2.99. The lowest BCUT2D eigenvalue weighted by Gasteiger charge is -2.10. The van der Waals surface area contributed by atoms with E-state index in [4.69, 9.17) is 0 Å². The van der Waals surface area contributed by atoms with Crippen molar-refractivity contribution in [2.24, 2.45) is 5.10 Å². The summed E-state index contributed by atoms with van der Waals surface area (Å²) < 4.78 is 1.34. The van der Waals surface area contributed by atoms with E-state index in [0.717, 1.165) is 17.5 Å². The Labute approximate surface area is 157 Å². The average Bonchev–Trinajstić information content (AvgIpc) is 2.68. The number of amides is 1. The second-order valence-electron chi connectivity index (χ2n) is 6.38. The zero-order chi connectivity index (χ0) is 19.4. The van der Waals surface area contributed by atoms with Gasteiger partial charge >= 0.3 is 0 Å². The molecule has 0 aliphatic heterocycles. The van der Waals surface area contributed by atoms with Crippen LogP contribution >= 0.6 is 0 Å². The van der Waals surface area contributed by atoms with E-state index in [-0.39, 0.29) is 11.3 Å². The van der Waals surface area contributed by atoms with Gasteiger partial charge in [0.15, 0.2) is 5.69 Å². The molecule has 6 nitrogen and oxygen atoms in total. The molecular weight excluding hydrogens is 340 g/mol. The minimum atomic E-state index is -0.441. The van der Waals surface area contributed by atoms with Gasteiger partial charge in [-0.3, -0.25) is 9.59 Å². The van der Waals surface area contributed by atoms with Crippen molar-refractivity contribution in [3.63, 3.8) is 0 Å². The monoisotopic (exact) mass is 362 g/mol. The van der Waals surface area contributed by atoms with Crippen LogP contribution in [0.1, 0.15) is 41.9 Å². The minimum absolute atomic E-state index is 0.191. The molecule has 6 heteroatoms. The number of nitrogens with one attached hydrogen (secondary N) is 1. The lowest BCUT2D eigenvalue weighted by Crippen LogP contribution is -2.29. The van der Waals surface area contributed by atoms with Gasteiger partial charge in [0.25, 0.3) is 11.5 Å². The molecule has 0 spiro atoms. The summed E-state index contributed by atoms with van der Waals surface area (Å²) in [6, 6.07) is 14.8. The summed E-state index contributed by atoms with van der Waals surface area (Å²) in [4.78, 5) is 25.3. The Hall–Kier alpha value is -3.28. The van der Waals surface area contributed by atoms with Crippen LogP contribution in [0.4, 0.5) is 0 Å². The summed E-state index contributed by atoms with van der Waals surface area (Å²) in [6.07, 6.45) is 0.747. The predicted molar refractivity (Wildman–Crippen MR) is 107 cm³/mol. The second-order valence-corrected chi connectivity index (χ2v) is 6.38. The van der Waals surface area contributed by atoms with Crippen LogP contribution in [0.3, 0.4) is 0 Å². The molecule has 0 unspecified atom stereocenters. The molecule has 0 bridgehead atoms. The molecule has 27 heavy (non-hydrogen) atoms. The maximum absolute atomic E-state index is 12.8. The Balaban J connectivity index is 1.98. The number of carbonyl (C=O) groups excluding carboxylic acids is 1. The first-order chi connectivity index (χ1) is 13.0. The molecule has 0 radical (unpaired) electrons. The van der Waals surface area contributed by atoms with Gasteiger partial charge in [-0.1, -0.05) is 49.4 Å². The number of aryl methyl sites for hydroxylation is 2. The van der Waals surface area contributed by atoms with Gasteiger partial charge in [0.05, 0.1) is 11.1 Å². The van der Waals surface area contributed by atoms with E-state index in [1.807, 2.05) is 45.0 Å². The van der Waals surface area contributed by atoms with Crippen molar-refractivity contribution in [1.82, 2.24) is 15.2 Å². The Bertz CT molecular complexity index is 1080. The van der Waals surface area contributed by atoms with Crippen molar-refractivity contribution in [1.29, 1.82) is 0 Å². The third-order valence-corrected chi connectivity index (χ3v) is 4.38. The first-order valence-corrected chi connectivity index (χ1v) is 8.93. The highest BCUT2D eigenvalue weighted by molar-refractivity contribution is 6.06. The van der Waals surface area contributed by atoms with Crippen LogP contribution in [0, 0.1) is 6.92 Å². The van der Waals surface area contributed by atoms with Gasteiger partial charge in [-0.15, -0.1) is 0 Å². The molecule has 138 valence electrons. The lowest BCUT2D eigenvalue weighted by atomic mass is 10.1. The minimum Gasteiger partial charge on any atom is -0.267 e. The number of hydrazone groups is 1. The van der Waals surface area contributed by atoms with Gasteiger partial charge in [0, 0.05) is 17.5 Å². The predicted octanol–water partition coefficient (Wildman–Crippen LogP) is 3.27. The number of rotatable bonds is 5.